The Bertz CT molecular complexity index is 484. The van der Waals surface area contributed by atoms with Crippen molar-refractivity contribution in [3.63, 3.8) is 0 Å². The molecule has 114 valence electrons. The van der Waals surface area contributed by atoms with Crippen molar-refractivity contribution in [2.45, 2.75) is 57.9 Å². The molecule has 1 amide bonds. The molecule has 1 aromatic rings. The second kappa shape index (κ2) is 4.89. The molecule has 0 radical (unpaired) electrons. The maximum absolute atomic E-state index is 12.9. The van der Waals surface area contributed by atoms with Crippen molar-refractivity contribution in [1.29, 1.82) is 0 Å². The third-order valence-corrected chi connectivity index (χ3v) is 6.02. The SMILES string of the molecule is C[C@@H](Cc1ccoc1)NC(=O)C12CC3CC(CC(C3)C1)C2. The number of furan rings is 1. The highest BCUT2D eigenvalue weighted by atomic mass is 16.3. The Morgan fingerprint density at radius 1 is 1.29 bits per heavy atom. The van der Waals surface area contributed by atoms with Crippen LogP contribution in [0.15, 0.2) is 23.0 Å². The van der Waals surface area contributed by atoms with Crippen molar-refractivity contribution in [3.05, 3.63) is 24.2 Å². The Balaban J connectivity index is 1.42. The summed E-state index contributed by atoms with van der Waals surface area (Å²) in [4.78, 5) is 12.9. The van der Waals surface area contributed by atoms with Crippen LogP contribution < -0.4 is 5.32 Å². The number of hydrogen-bond acceptors (Lipinski definition) is 2. The third kappa shape index (κ3) is 2.41. The van der Waals surface area contributed by atoms with Crippen LogP contribution in [0.1, 0.15) is 51.0 Å². The summed E-state index contributed by atoms with van der Waals surface area (Å²) in [7, 11) is 0. The summed E-state index contributed by atoms with van der Waals surface area (Å²) in [6.07, 6.45) is 11.9. The van der Waals surface area contributed by atoms with Gasteiger partial charge in [0.05, 0.1) is 12.5 Å². The van der Waals surface area contributed by atoms with Crippen LogP contribution in [0.25, 0.3) is 0 Å². The lowest BCUT2D eigenvalue weighted by Gasteiger charge is -2.55. The molecule has 1 N–H and O–H groups in total. The van der Waals surface area contributed by atoms with Gasteiger partial charge in [0, 0.05) is 11.5 Å². The van der Waals surface area contributed by atoms with E-state index in [0.717, 1.165) is 49.0 Å². The molecule has 4 saturated carbocycles. The molecule has 0 aliphatic heterocycles. The van der Waals surface area contributed by atoms with Crippen LogP contribution in [-0.2, 0) is 11.2 Å². The number of rotatable bonds is 4. The quantitative estimate of drug-likeness (QED) is 0.920. The predicted octanol–water partition coefficient (Wildman–Crippen LogP) is 3.54. The van der Waals surface area contributed by atoms with Crippen LogP contribution in [0.2, 0.25) is 0 Å². The van der Waals surface area contributed by atoms with Crippen molar-refractivity contribution < 1.29 is 9.21 Å². The molecule has 4 aliphatic rings. The number of nitrogens with one attached hydrogen (secondary N) is 1. The molecular weight excluding hydrogens is 262 g/mol. The minimum Gasteiger partial charge on any atom is -0.472 e. The van der Waals surface area contributed by atoms with E-state index < -0.39 is 0 Å². The van der Waals surface area contributed by atoms with Gasteiger partial charge < -0.3 is 9.73 Å². The Labute approximate surface area is 126 Å². The summed E-state index contributed by atoms with van der Waals surface area (Å²) in [5.74, 6) is 2.81. The molecule has 0 unspecified atom stereocenters. The second-order valence-corrected chi connectivity index (χ2v) is 7.91. The molecule has 0 spiro atoms. The molecule has 3 nitrogen and oxygen atoms in total. The Hall–Kier alpha value is -1.25. The van der Waals surface area contributed by atoms with Crippen LogP contribution in [0.5, 0.6) is 0 Å². The highest BCUT2D eigenvalue weighted by molar-refractivity contribution is 5.83. The standard InChI is InChI=1S/C18H25NO2/c1-12(4-13-2-3-21-11-13)19-17(20)18-8-14-5-15(9-18)7-16(6-14)10-18/h2-3,11-12,14-16H,4-10H2,1H3,(H,19,20)/t12-,14?,15?,16?,18?/m0/s1. The average Bonchev–Trinajstić information content (AvgIpc) is 2.89. The largest absolute Gasteiger partial charge is 0.472 e. The van der Waals surface area contributed by atoms with Crippen molar-refractivity contribution in [3.8, 4) is 0 Å². The molecule has 1 aromatic heterocycles. The normalized spacial score (nSPS) is 38.4. The minimum absolute atomic E-state index is 0.0284. The smallest absolute Gasteiger partial charge is 0.226 e. The first-order valence-electron chi connectivity index (χ1n) is 8.45. The zero-order valence-corrected chi connectivity index (χ0v) is 12.8. The lowest BCUT2D eigenvalue weighted by molar-refractivity contribution is -0.146. The number of carbonyl (C=O) groups is 1. The van der Waals surface area contributed by atoms with E-state index >= 15 is 0 Å². The lowest BCUT2D eigenvalue weighted by atomic mass is 9.49. The fourth-order valence-electron chi connectivity index (χ4n) is 5.58. The van der Waals surface area contributed by atoms with E-state index in [2.05, 4.69) is 12.2 Å². The Kier molecular flexibility index (Phi) is 3.13. The maximum atomic E-state index is 12.9. The van der Waals surface area contributed by atoms with E-state index in [4.69, 9.17) is 4.42 Å². The summed E-state index contributed by atoms with van der Waals surface area (Å²) in [6.45, 7) is 2.10. The molecule has 1 heterocycles. The molecule has 0 aromatic carbocycles. The number of hydrogen-bond donors (Lipinski definition) is 1. The maximum Gasteiger partial charge on any atom is 0.226 e. The van der Waals surface area contributed by atoms with Gasteiger partial charge >= 0.3 is 0 Å². The van der Waals surface area contributed by atoms with Crippen LogP contribution in [-0.4, -0.2) is 11.9 Å². The van der Waals surface area contributed by atoms with Gasteiger partial charge in [-0.1, -0.05) is 0 Å². The van der Waals surface area contributed by atoms with Gasteiger partial charge in [0.2, 0.25) is 5.91 Å². The first kappa shape index (κ1) is 13.4. The molecule has 1 atom stereocenters. The predicted molar refractivity (Wildman–Crippen MR) is 80.6 cm³/mol. The Morgan fingerprint density at radius 2 is 1.90 bits per heavy atom. The van der Waals surface area contributed by atoms with Crippen LogP contribution in [0.4, 0.5) is 0 Å². The van der Waals surface area contributed by atoms with Crippen molar-refractivity contribution in [1.82, 2.24) is 5.32 Å². The molecule has 21 heavy (non-hydrogen) atoms. The van der Waals surface area contributed by atoms with E-state index in [-0.39, 0.29) is 11.5 Å². The fraction of sp³-hybridized carbons (Fsp3) is 0.722. The van der Waals surface area contributed by atoms with Crippen LogP contribution >= 0.6 is 0 Å². The van der Waals surface area contributed by atoms with Crippen molar-refractivity contribution >= 4 is 5.91 Å². The Morgan fingerprint density at radius 3 is 2.43 bits per heavy atom. The van der Waals surface area contributed by atoms with Gasteiger partial charge in [-0.2, -0.15) is 0 Å². The second-order valence-electron chi connectivity index (χ2n) is 7.91. The van der Waals surface area contributed by atoms with Gasteiger partial charge in [-0.15, -0.1) is 0 Å². The highest BCUT2D eigenvalue weighted by Crippen LogP contribution is 2.60. The molecule has 4 bridgehead atoms. The minimum atomic E-state index is -0.0284. The lowest BCUT2D eigenvalue weighted by Crippen LogP contribution is -2.55. The van der Waals surface area contributed by atoms with Gasteiger partial charge in [-0.3, -0.25) is 4.79 Å². The van der Waals surface area contributed by atoms with Gasteiger partial charge in [0.15, 0.2) is 0 Å². The molecule has 0 saturated heterocycles. The van der Waals surface area contributed by atoms with Crippen molar-refractivity contribution in [2.24, 2.45) is 23.2 Å². The first-order chi connectivity index (χ1) is 10.1. The van der Waals surface area contributed by atoms with E-state index in [9.17, 15) is 4.79 Å². The molecule has 4 fully saturated rings. The van der Waals surface area contributed by atoms with E-state index in [1.165, 1.54) is 19.3 Å². The number of carbonyl (C=O) groups excluding carboxylic acids is 1. The summed E-state index contributed by atoms with van der Waals surface area (Å²) in [5, 5.41) is 3.29. The zero-order chi connectivity index (χ0) is 14.4. The van der Waals surface area contributed by atoms with E-state index in [1.807, 2.05) is 6.07 Å². The summed E-state index contributed by atoms with van der Waals surface area (Å²) in [5.41, 5.74) is 1.13. The number of amides is 1. The monoisotopic (exact) mass is 287 g/mol. The van der Waals surface area contributed by atoms with Gasteiger partial charge in [-0.05, 0) is 81.3 Å². The summed E-state index contributed by atoms with van der Waals surface area (Å²) in [6, 6.07) is 2.16. The van der Waals surface area contributed by atoms with Crippen LogP contribution in [0.3, 0.4) is 0 Å². The van der Waals surface area contributed by atoms with Gasteiger partial charge in [-0.25, -0.2) is 0 Å². The van der Waals surface area contributed by atoms with Crippen molar-refractivity contribution in [2.75, 3.05) is 0 Å². The van der Waals surface area contributed by atoms with Gasteiger partial charge in [0.25, 0.3) is 0 Å². The van der Waals surface area contributed by atoms with Gasteiger partial charge in [0.1, 0.15) is 0 Å². The molecule has 4 aliphatic carbocycles. The topological polar surface area (TPSA) is 42.2 Å². The van der Waals surface area contributed by atoms with E-state index in [0.29, 0.717) is 5.91 Å². The highest BCUT2D eigenvalue weighted by Gasteiger charge is 2.54. The van der Waals surface area contributed by atoms with Crippen LogP contribution in [0, 0.1) is 23.2 Å². The fourth-order valence-corrected chi connectivity index (χ4v) is 5.58. The molecular formula is C18H25NO2. The van der Waals surface area contributed by atoms with E-state index in [1.54, 1.807) is 12.5 Å². The molecule has 5 rings (SSSR count). The summed E-state index contributed by atoms with van der Waals surface area (Å²) < 4.78 is 5.11. The molecule has 3 heteroatoms. The third-order valence-electron chi connectivity index (χ3n) is 6.02. The first-order valence-corrected chi connectivity index (χ1v) is 8.45. The zero-order valence-electron chi connectivity index (χ0n) is 12.8. The summed E-state index contributed by atoms with van der Waals surface area (Å²) >= 11 is 0. The average molecular weight is 287 g/mol.